The SMILES string of the molecule is Cc1c(NC(=S)NC(=O)c2cccc([N+](=O)[O-])c2)cccc1C(=O)O. The van der Waals surface area contributed by atoms with E-state index in [1.165, 1.54) is 24.3 Å². The number of nitrogens with zero attached hydrogens (tertiary/aromatic N) is 1. The number of carbonyl (C=O) groups is 2. The minimum atomic E-state index is -1.08. The number of non-ortho nitro benzene ring substituents is 1. The van der Waals surface area contributed by atoms with Crippen molar-refractivity contribution >= 4 is 40.6 Å². The monoisotopic (exact) mass is 359 g/mol. The van der Waals surface area contributed by atoms with Gasteiger partial charge in [0.25, 0.3) is 11.6 Å². The summed E-state index contributed by atoms with van der Waals surface area (Å²) in [5, 5.41) is 24.9. The average Bonchev–Trinajstić information content (AvgIpc) is 2.56. The summed E-state index contributed by atoms with van der Waals surface area (Å²) >= 11 is 5.04. The maximum Gasteiger partial charge on any atom is 0.336 e. The lowest BCUT2D eigenvalue weighted by Gasteiger charge is -2.13. The lowest BCUT2D eigenvalue weighted by molar-refractivity contribution is -0.384. The number of benzene rings is 2. The smallest absolute Gasteiger partial charge is 0.336 e. The van der Waals surface area contributed by atoms with E-state index in [1.807, 2.05) is 0 Å². The maximum atomic E-state index is 12.1. The average molecular weight is 359 g/mol. The Morgan fingerprint density at radius 2 is 1.88 bits per heavy atom. The van der Waals surface area contributed by atoms with Crippen molar-refractivity contribution in [2.24, 2.45) is 0 Å². The first kappa shape index (κ1) is 18.0. The number of hydrogen-bond donors (Lipinski definition) is 3. The standard InChI is InChI=1S/C16H13N3O5S/c1-9-12(15(21)22)6-3-7-13(9)17-16(25)18-14(20)10-4-2-5-11(8-10)19(23)24/h2-8H,1H3,(H,21,22)(H2,17,18,20,25). The Hall–Kier alpha value is -3.33. The molecule has 0 saturated heterocycles. The summed E-state index contributed by atoms with van der Waals surface area (Å²) in [5.74, 6) is -1.69. The molecule has 0 fully saturated rings. The molecular formula is C16H13N3O5S. The van der Waals surface area contributed by atoms with Crippen LogP contribution in [0.2, 0.25) is 0 Å². The van der Waals surface area contributed by atoms with Crippen LogP contribution in [-0.2, 0) is 0 Å². The van der Waals surface area contributed by atoms with Gasteiger partial charge in [-0.15, -0.1) is 0 Å². The molecular weight excluding hydrogens is 346 g/mol. The molecule has 2 aromatic rings. The number of thiocarbonyl (C=S) groups is 1. The number of nitro groups is 1. The number of amides is 1. The number of anilines is 1. The largest absolute Gasteiger partial charge is 0.478 e. The molecule has 2 aromatic carbocycles. The Bertz CT molecular complexity index is 882. The van der Waals surface area contributed by atoms with Crippen molar-refractivity contribution in [3.05, 3.63) is 69.3 Å². The topological polar surface area (TPSA) is 122 Å². The fourth-order valence-electron chi connectivity index (χ4n) is 2.09. The van der Waals surface area contributed by atoms with Crippen LogP contribution in [0.3, 0.4) is 0 Å². The highest BCUT2D eigenvalue weighted by atomic mass is 32.1. The number of carbonyl (C=O) groups excluding carboxylic acids is 1. The van der Waals surface area contributed by atoms with Crippen molar-refractivity contribution in [2.45, 2.75) is 6.92 Å². The number of aromatic carboxylic acids is 1. The summed E-state index contributed by atoms with van der Waals surface area (Å²) in [5.41, 5.74) is 0.870. The van der Waals surface area contributed by atoms with E-state index >= 15 is 0 Å². The number of carboxylic acid groups (broad SMARTS) is 1. The molecule has 0 bridgehead atoms. The first-order chi connectivity index (χ1) is 11.8. The molecule has 0 unspecified atom stereocenters. The molecule has 0 aliphatic rings. The quantitative estimate of drug-likeness (QED) is 0.436. The number of nitrogens with one attached hydrogen (secondary N) is 2. The molecule has 0 atom stereocenters. The minimum Gasteiger partial charge on any atom is -0.478 e. The fourth-order valence-corrected chi connectivity index (χ4v) is 2.29. The number of rotatable bonds is 4. The number of nitro benzene ring substituents is 1. The Balaban J connectivity index is 2.12. The first-order valence-corrected chi connectivity index (χ1v) is 7.40. The van der Waals surface area contributed by atoms with Crippen molar-refractivity contribution in [1.29, 1.82) is 0 Å². The zero-order chi connectivity index (χ0) is 18.6. The van der Waals surface area contributed by atoms with Gasteiger partial charge in [-0.05, 0) is 42.9 Å². The van der Waals surface area contributed by atoms with Crippen molar-refractivity contribution in [1.82, 2.24) is 5.32 Å². The van der Waals surface area contributed by atoms with Crippen molar-refractivity contribution < 1.29 is 19.6 Å². The molecule has 25 heavy (non-hydrogen) atoms. The third-order valence-electron chi connectivity index (χ3n) is 3.36. The Kier molecular flexibility index (Phi) is 5.40. The third-order valence-corrected chi connectivity index (χ3v) is 3.56. The molecule has 0 saturated carbocycles. The molecule has 0 aromatic heterocycles. The van der Waals surface area contributed by atoms with E-state index < -0.39 is 16.8 Å². The number of carboxylic acids is 1. The van der Waals surface area contributed by atoms with E-state index in [9.17, 15) is 19.7 Å². The summed E-state index contributed by atoms with van der Waals surface area (Å²) in [4.78, 5) is 33.4. The van der Waals surface area contributed by atoms with E-state index in [4.69, 9.17) is 17.3 Å². The molecule has 0 aliphatic heterocycles. The van der Waals surface area contributed by atoms with Crippen LogP contribution in [0.25, 0.3) is 0 Å². The Morgan fingerprint density at radius 3 is 2.52 bits per heavy atom. The minimum absolute atomic E-state index is 0.0536. The van der Waals surface area contributed by atoms with Gasteiger partial charge in [0.05, 0.1) is 10.5 Å². The molecule has 1 amide bonds. The van der Waals surface area contributed by atoms with Crippen LogP contribution in [0.15, 0.2) is 42.5 Å². The Labute approximate surface area is 147 Å². The molecule has 128 valence electrons. The van der Waals surface area contributed by atoms with Crippen molar-refractivity contribution in [3.8, 4) is 0 Å². The second kappa shape index (κ2) is 7.49. The van der Waals surface area contributed by atoms with Crippen LogP contribution in [-0.4, -0.2) is 27.0 Å². The molecule has 3 N–H and O–H groups in total. The van der Waals surface area contributed by atoms with Gasteiger partial charge in [0, 0.05) is 23.4 Å². The van der Waals surface area contributed by atoms with E-state index in [0.717, 1.165) is 6.07 Å². The van der Waals surface area contributed by atoms with E-state index in [-0.39, 0.29) is 21.9 Å². The zero-order valence-corrected chi connectivity index (χ0v) is 13.8. The van der Waals surface area contributed by atoms with E-state index in [2.05, 4.69) is 10.6 Å². The highest BCUT2D eigenvalue weighted by molar-refractivity contribution is 7.80. The van der Waals surface area contributed by atoms with Gasteiger partial charge in [0.15, 0.2) is 5.11 Å². The summed E-state index contributed by atoms with van der Waals surface area (Å²) < 4.78 is 0. The van der Waals surface area contributed by atoms with Crippen LogP contribution in [0.1, 0.15) is 26.3 Å². The molecule has 0 spiro atoms. The predicted octanol–water partition coefficient (Wildman–Crippen LogP) is 2.73. The maximum absolute atomic E-state index is 12.1. The second-order valence-corrected chi connectivity index (χ2v) is 5.41. The predicted molar refractivity (Wildman–Crippen MR) is 94.9 cm³/mol. The van der Waals surface area contributed by atoms with Gasteiger partial charge in [0.1, 0.15) is 0 Å². The summed E-state index contributed by atoms with van der Waals surface area (Å²) in [6, 6.07) is 9.83. The molecule has 9 heteroatoms. The normalized spacial score (nSPS) is 9.96. The molecule has 0 aliphatic carbocycles. The van der Waals surface area contributed by atoms with Gasteiger partial charge in [-0.1, -0.05) is 12.1 Å². The summed E-state index contributed by atoms with van der Waals surface area (Å²) in [6.07, 6.45) is 0. The van der Waals surface area contributed by atoms with E-state index in [0.29, 0.717) is 11.3 Å². The van der Waals surface area contributed by atoms with Crippen LogP contribution < -0.4 is 10.6 Å². The first-order valence-electron chi connectivity index (χ1n) is 6.99. The van der Waals surface area contributed by atoms with Crippen molar-refractivity contribution in [2.75, 3.05) is 5.32 Å². The van der Waals surface area contributed by atoms with Crippen LogP contribution in [0, 0.1) is 17.0 Å². The van der Waals surface area contributed by atoms with Crippen molar-refractivity contribution in [3.63, 3.8) is 0 Å². The highest BCUT2D eigenvalue weighted by Gasteiger charge is 2.14. The molecule has 8 nitrogen and oxygen atoms in total. The van der Waals surface area contributed by atoms with Crippen LogP contribution >= 0.6 is 12.2 Å². The van der Waals surface area contributed by atoms with Crippen LogP contribution in [0.5, 0.6) is 0 Å². The Morgan fingerprint density at radius 1 is 1.20 bits per heavy atom. The molecule has 0 heterocycles. The molecule has 0 radical (unpaired) electrons. The molecule has 2 rings (SSSR count). The van der Waals surface area contributed by atoms with Crippen LogP contribution in [0.4, 0.5) is 11.4 Å². The van der Waals surface area contributed by atoms with Gasteiger partial charge in [-0.25, -0.2) is 4.79 Å². The van der Waals surface area contributed by atoms with Gasteiger partial charge in [0.2, 0.25) is 0 Å². The number of hydrogen-bond acceptors (Lipinski definition) is 5. The summed E-state index contributed by atoms with van der Waals surface area (Å²) in [6.45, 7) is 1.61. The van der Waals surface area contributed by atoms with Gasteiger partial charge < -0.3 is 10.4 Å². The highest BCUT2D eigenvalue weighted by Crippen LogP contribution is 2.19. The summed E-state index contributed by atoms with van der Waals surface area (Å²) in [7, 11) is 0. The lowest BCUT2D eigenvalue weighted by Crippen LogP contribution is -2.34. The van der Waals surface area contributed by atoms with E-state index in [1.54, 1.807) is 19.1 Å². The fraction of sp³-hybridized carbons (Fsp3) is 0.0625. The third kappa shape index (κ3) is 4.36. The lowest BCUT2D eigenvalue weighted by atomic mass is 10.1. The zero-order valence-electron chi connectivity index (χ0n) is 13.0. The second-order valence-electron chi connectivity index (χ2n) is 5.00. The van der Waals surface area contributed by atoms with Gasteiger partial charge >= 0.3 is 5.97 Å². The van der Waals surface area contributed by atoms with Gasteiger partial charge in [-0.2, -0.15) is 0 Å². The van der Waals surface area contributed by atoms with Gasteiger partial charge in [-0.3, -0.25) is 20.2 Å².